The van der Waals surface area contributed by atoms with Gasteiger partial charge in [-0.3, -0.25) is 9.78 Å². The lowest BCUT2D eigenvalue weighted by Crippen LogP contribution is -2.27. The molecule has 16 heavy (non-hydrogen) atoms. The zero-order valence-electron chi connectivity index (χ0n) is 9.66. The summed E-state index contributed by atoms with van der Waals surface area (Å²) in [6, 6.07) is 1.88. The molecule has 1 aliphatic rings. The quantitative estimate of drug-likeness (QED) is 0.801. The average Bonchev–Trinajstić information content (AvgIpc) is 2.39. The van der Waals surface area contributed by atoms with Crippen molar-refractivity contribution in [1.82, 2.24) is 4.98 Å². The number of fused-ring (bicyclic) bond motifs is 1. The third kappa shape index (κ3) is 2.32. The number of nitrogens with one attached hydrogen (secondary N) is 2. The normalized spacial score (nSPS) is 19.7. The molecule has 0 radical (unpaired) electrons. The van der Waals surface area contributed by atoms with E-state index >= 15 is 0 Å². The fourth-order valence-electron chi connectivity index (χ4n) is 1.97. The van der Waals surface area contributed by atoms with Gasteiger partial charge in [0.1, 0.15) is 0 Å². The van der Waals surface area contributed by atoms with Crippen LogP contribution in [0.2, 0.25) is 0 Å². The number of anilines is 2. The van der Waals surface area contributed by atoms with Crippen LogP contribution in [0.1, 0.15) is 20.3 Å². The summed E-state index contributed by atoms with van der Waals surface area (Å²) in [5.41, 5.74) is 1.73. The number of pyridine rings is 1. The lowest BCUT2D eigenvalue weighted by atomic mass is 9.96. The first-order valence-corrected chi connectivity index (χ1v) is 5.65. The van der Waals surface area contributed by atoms with Gasteiger partial charge >= 0.3 is 0 Å². The summed E-state index contributed by atoms with van der Waals surface area (Å²) in [7, 11) is 0. The van der Waals surface area contributed by atoms with E-state index in [1.807, 2.05) is 6.07 Å². The van der Waals surface area contributed by atoms with Gasteiger partial charge in [0.2, 0.25) is 5.91 Å². The monoisotopic (exact) mass is 219 g/mol. The van der Waals surface area contributed by atoms with Crippen LogP contribution in [0.25, 0.3) is 0 Å². The third-order valence-electron chi connectivity index (χ3n) is 2.74. The zero-order chi connectivity index (χ0) is 11.5. The third-order valence-corrected chi connectivity index (χ3v) is 2.74. The molecule has 0 spiro atoms. The molecule has 2 heterocycles. The summed E-state index contributed by atoms with van der Waals surface area (Å²) >= 11 is 0. The van der Waals surface area contributed by atoms with Crippen molar-refractivity contribution in [2.24, 2.45) is 11.8 Å². The van der Waals surface area contributed by atoms with Crippen molar-refractivity contribution in [2.75, 3.05) is 17.2 Å². The van der Waals surface area contributed by atoms with E-state index < -0.39 is 0 Å². The van der Waals surface area contributed by atoms with E-state index in [2.05, 4.69) is 29.5 Å². The summed E-state index contributed by atoms with van der Waals surface area (Å²) in [4.78, 5) is 15.9. The van der Waals surface area contributed by atoms with Gasteiger partial charge in [-0.1, -0.05) is 13.8 Å². The zero-order valence-corrected chi connectivity index (χ0v) is 9.66. The summed E-state index contributed by atoms with van der Waals surface area (Å²) in [6.07, 6.45) is 4.30. The summed E-state index contributed by atoms with van der Waals surface area (Å²) in [6.45, 7) is 4.96. The predicted octanol–water partition coefficient (Wildman–Crippen LogP) is 2.11. The highest BCUT2D eigenvalue weighted by Crippen LogP contribution is 2.25. The average molecular weight is 219 g/mol. The highest BCUT2D eigenvalue weighted by Gasteiger charge is 2.23. The number of aromatic nitrogens is 1. The summed E-state index contributed by atoms with van der Waals surface area (Å²) in [5, 5.41) is 6.20. The molecule has 1 aromatic heterocycles. The van der Waals surface area contributed by atoms with Gasteiger partial charge in [-0.25, -0.2) is 0 Å². The van der Waals surface area contributed by atoms with Crippen molar-refractivity contribution in [2.45, 2.75) is 20.3 Å². The molecule has 0 fully saturated rings. The van der Waals surface area contributed by atoms with Crippen LogP contribution in [-0.2, 0) is 4.79 Å². The maximum Gasteiger partial charge on any atom is 0.229 e. The lowest BCUT2D eigenvalue weighted by molar-refractivity contribution is -0.119. The molecule has 1 aromatic rings. The van der Waals surface area contributed by atoms with Crippen molar-refractivity contribution >= 4 is 17.3 Å². The summed E-state index contributed by atoms with van der Waals surface area (Å²) < 4.78 is 0. The number of nitrogens with zero attached hydrogens (tertiary/aromatic N) is 1. The van der Waals surface area contributed by atoms with Crippen LogP contribution in [0, 0.1) is 11.8 Å². The van der Waals surface area contributed by atoms with Gasteiger partial charge < -0.3 is 10.6 Å². The van der Waals surface area contributed by atoms with Gasteiger partial charge in [-0.2, -0.15) is 0 Å². The van der Waals surface area contributed by atoms with E-state index in [9.17, 15) is 4.79 Å². The molecule has 0 saturated carbocycles. The van der Waals surface area contributed by atoms with Crippen LogP contribution in [0.5, 0.6) is 0 Å². The fraction of sp³-hybridized carbons (Fsp3) is 0.500. The molecule has 4 heteroatoms. The number of carbonyl (C=O) groups is 1. The predicted molar refractivity (Wildman–Crippen MR) is 64.3 cm³/mol. The minimum Gasteiger partial charge on any atom is -0.382 e. The molecular formula is C12H17N3O. The smallest absolute Gasteiger partial charge is 0.229 e. The van der Waals surface area contributed by atoms with E-state index in [0.29, 0.717) is 12.5 Å². The van der Waals surface area contributed by atoms with Crippen LogP contribution in [0.15, 0.2) is 18.5 Å². The number of carbonyl (C=O) groups excluding carboxylic acids is 1. The fourth-order valence-corrected chi connectivity index (χ4v) is 1.97. The minimum absolute atomic E-state index is 0.0346. The van der Waals surface area contributed by atoms with Crippen LogP contribution in [0.3, 0.4) is 0 Å². The van der Waals surface area contributed by atoms with Crippen LogP contribution >= 0.6 is 0 Å². The van der Waals surface area contributed by atoms with Crippen molar-refractivity contribution < 1.29 is 4.79 Å². The molecule has 1 aliphatic heterocycles. The van der Waals surface area contributed by atoms with E-state index in [1.165, 1.54) is 0 Å². The maximum atomic E-state index is 11.9. The highest BCUT2D eigenvalue weighted by molar-refractivity contribution is 5.97. The first kappa shape index (κ1) is 10.9. The van der Waals surface area contributed by atoms with Gasteiger partial charge in [-0.15, -0.1) is 0 Å². The highest BCUT2D eigenvalue weighted by atomic mass is 16.1. The molecular weight excluding hydrogens is 202 g/mol. The standard InChI is InChI=1S/C12H17N3O/c1-8(2)5-9-6-14-10-3-4-13-7-11(10)15-12(9)16/h3-4,7-9,14H,5-6H2,1-2H3,(H,15,16). The topological polar surface area (TPSA) is 54.0 Å². The first-order chi connectivity index (χ1) is 7.66. The maximum absolute atomic E-state index is 11.9. The Morgan fingerprint density at radius 2 is 2.31 bits per heavy atom. The van der Waals surface area contributed by atoms with E-state index in [1.54, 1.807) is 12.4 Å². The lowest BCUT2D eigenvalue weighted by Gasteiger charge is -2.15. The van der Waals surface area contributed by atoms with Crippen molar-refractivity contribution in [3.05, 3.63) is 18.5 Å². The second-order valence-electron chi connectivity index (χ2n) is 4.62. The van der Waals surface area contributed by atoms with E-state index in [0.717, 1.165) is 17.8 Å². The SMILES string of the molecule is CC(C)CC1CNc2ccncc2NC1=O. The number of rotatable bonds is 2. The van der Waals surface area contributed by atoms with Crippen LogP contribution in [-0.4, -0.2) is 17.4 Å². The number of amides is 1. The van der Waals surface area contributed by atoms with Gasteiger partial charge in [0.05, 0.1) is 23.5 Å². The van der Waals surface area contributed by atoms with Crippen molar-refractivity contribution in [1.29, 1.82) is 0 Å². The largest absolute Gasteiger partial charge is 0.382 e. The molecule has 2 rings (SSSR count). The molecule has 2 N–H and O–H groups in total. The molecule has 1 unspecified atom stereocenters. The molecule has 0 aromatic carbocycles. The second kappa shape index (κ2) is 4.51. The number of hydrogen-bond acceptors (Lipinski definition) is 3. The van der Waals surface area contributed by atoms with Crippen molar-refractivity contribution in [3.63, 3.8) is 0 Å². The first-order valence-electron chi connectivity index (χ1n) is 5.65. The minimum atomic E-state index is 0.0346. The van der Waals surface area contributed by atoms with E-state index in [-0.39, 0.29) is 11.8 Å². The molecule has 0 bridgehead atoms. The van der Waals surface area contributed by atoms with Crippen LogP contribution in [0.4, 0.5) is 11.4 Å². The molecule has 0 saturated heterocycles. The van der Waals surface area contributed by atoms with Crippen LogP contribution < -0.4 is 10.6 Å². The Bertz CT molecular complexity index is 390. The van der Waals surface area contributed by atoms with Crippen molar-refractivity contribution in [3.8, 4) is 0 Å². The Morgan fingerprint density at radius 1 is 1.50 bits per heavy atom. The van der Waals surface area contributed by atoms with Gasteiger partial charge in [0.15, 0.2) is 0 Å². The van der Waals surface area contributed by atoms with E-state index in [4.69, 9.17) is 0 Å². The molecule has 4 nitrogen and oxygen atoms in total. The Balaban J connectivity index is 2.15. The van der Waals surface area contributed by atoms with Gasteiger partial charge in [0, 0.05) is 12.7 Å². The Kier molecular flexibility index (Phi) is 3.08. The Hall–Kier alpha value is -1.58. The molecule has 86 valence electrons. The molecule has 1 amide bonds. The second-order valence-corrected chi connectivity index (χ2v) is 4.62. The Labute approximate surface area is 95.5 Å². The van der Waals surface area contributed by atoms with Gasteiger partial charge in [0.25, 0.3) is 0 Å². The van der Waals surface area contributed by atoms with Gasteiger partial charge in [-0.05, 0) is 18.4 Å². The Morgan fingerprint density at radius 3 is 3.06 bits per heavy atom. The molecule has 1 atom stereocenters. The molecule has 0 aliphatic carbocycles. The number of hydrogen-bond donors (Lipinski definition) is 2. The summed E-state index contributed by atoms with van der Waals surface area (Å²) in [5.74, 6) is 0.650.